The second-order valence-electron chi connectivity index (χ2n) is 15.3. The minimum atomic E-state index is -2.42. The smallest absolute Gasteiger partial charge is 0.261 e. The summed E-state index contributed by atoms with van der Waals surface area (Å²) in [7, 11) is 6.72. The average Bonchev–Trinajstić information content (AvgIpc) is 3.05. The molecule has 286 valence electrons. The quantitative estimate of drug-likeness (QED) is 0.0297. The van der Waals surface area contributed by atoms with Crippen LogP contribution in [0.2, 0.25) is 0 Å². The van der Waals surface area contributed by atoms with Crippen LogP contribution in [0, 0.1) is 0 Å². The first-order valence-electron chi connectivity index (χ1n) is 21.1. The number of unbranched alkanes of at least 4 members (excludes halogenated alkanes) is 24. The van der Waals surface area contributed by atoms with Crippen LogP contribution in [-0.2, 0) is 20.9 Å². The molecule has 0 rings (SSSR count). The van der Waals surface area contributed by atoms with E-state index in [1.165, 1.54) is 167 Å². The minimum absolute atomic E-state index is 0.716. The zero-order valence-corrected chi connectivity index (χ0v) is 35.0. The van der Waals surface area contributed by atoms with Crippen molar-refractivity contribution < 1.29 is 13.5 Å². The van der Waals surface area contributed by atoms with Crippen LogP contribution in [0.4, 0.5) is 0 Å². The van der Waals surface area contributed by atoms with E-state index in [0.29, 0.717) is 13.2 Å². The van der Waals surface area contributed by atoms with Crippen molar-refractivity contribution in [2.24, 2.45) is 0 Å². The predicted molar refractivity (Wildman–Crippen MR) is 221 cm³/mol. The van der Waals surface area contributed by atoms with Gasteiger partial charge in [-0.15, -0.1) is 0 Å². The summed E-state index contributed by atoms with van der Waals surface area (Å²) in [5, 5.41) is 3.54. The molecular formula is C42H86N2O2PS+. The van der Waals surface area contributed by atoms with Gasteiger partial charge in [-0.2, -0.15) is 0 Å². The van der Waals surface area contributed by atoms with E-state index in [1.807, 2.05) is 0 Å². The third-order valence-electron chi connectivity index (χ3n) is 9.15. The summed E-state index contributed by atoms with van der Waals surface area (Å²) in [6, 6.07) is 0. The Balaban J connectivity index is 3.97. The molecule has 0 aliphatic rings. The highest BCUT2D eigenvalue weighted by Gasteiger charge is 2.19. The van der Waals surface area contributed by atoms with Crippen LogP contribution in [0.5, 0.6) is 0 Å². The van der Waals surface area contributed by atoms with Crippen molar-refractivity contribution in [3.63, 3.8) is 0 Å². The van der Waals surface area contributed by atoms with Crippen molar-refractivity contribution >= 4 is 18.4 Å². The van der Waals surface area contributed by atoms with Crippen molar-refractivity contribution in [1.29, 1.82) is 0 Å². The van der Waals surface area contributed by atoms with Crippen LogP contribution in [0.1, 0.15) is 200 Å². The monoisotopic (exact) mass is 714 g/mol. The molecule has 0 fully saturated rings. The van der Waals surface area contributed by atoms with E-state index >= 15 is 0 Å². The second-order valence-corrected chi connectivity index (χ2v) is 18.6. The lowest BCUT2D eigenvalue weighted by Gasteiger charge is -2.26. The summed E-state index contributed by atoms with van der Waals surface area (Å²) in [5.74, 6) is 0. The van der Waals surface area contributed by atoms with Crippen molar-refractivity contribution in [3.05, 3.63) is 24.3 Å². The summed E-state index contributed by atoms with van der Waals surface area (Å²) in [6.45, 7) is 5.57. The third kappa shape index (κ3) is 38.8. The van der Waals surface area contributed by atoms with Gasteiger partial charge in [0.15, 0.2) is 0 Å². The van der Waals surface area contributed by atoms with E-state index in [4.69, 9.17) is 20.9 Å². The van der Waals surface area contributed by atoms with Crippen molar-refractivity contribution in [1.82, 2.24) is 5.09 Å². The maximum Gasteiger partial charge on any atom is 0.261 e. The molecule has 0 saturated heterocycles. The molecular weight excluding hydrogens is 628 g/mol. The Morgan fingerprint density at radius 2 is 0.771 bits per heavy atom. The number of nitrogens with one attached hydrogen (secondary N) is 1. The van der Waals surface area contributed by atoms with Gasteiger partial charge in [-0.1, -0.05) is 154 Å². The van der Waals surface area contributed by atoms with E-state index < -0.39 is 6.64 Å². The van der Waals surface area contributed by atoms with Gasteiger partial charge in [-0.05, 0) is 76.0 Å². The van der Waals surface area contributed by atoms with Gasteiger partial charge >= 0.3 is 0 Å². The first kappa shape index (κ1) is 48.0. The highest BCUT2D eigenvalue weighted by molar-refractivity contribution is 8.08. The Labute approximate surface area is 307 Å². The van der Waals surface area contributed by atoms with E-state index in [-0.39, 0.29) is 0 Å². The molecule has 6 heteroatoms. The SMILES string of the molecule is CCCCCCCC/C=C\CCCCCCCCOP(=S)(NCCC[N+](C)(C)C)OCCCCCCCC/C=C\CCCCCCCC. The lowest BCUT2D eigenvalue weighted by molar-refractivity contribution is -0.870. The standard InChI is InChI=1S/C42H86N2O2PS/c1-6-8-10-12-14-16-18-20-22-24-26-28-30-32-34-36-41-45-47(48,43-39-38-40-44(3,4)5)46-42-37-35-33-31-29-27-25-23-21-19-17-15-13-11-9-7-2/h20-23H,6-19,24-42H2,1-5H3,(H,43,48)/q+1/b22-20-,23-21-. The van der Waals surface area contributed by atoms with Gasteiger partial charge in [-0.25, -0.2) is 5.09 Å². The first-order chi connectivity index (χ1) is 23.3. The van der Waals surface area contributed by atoms with Crippen LogP contribution in [0.25, 0.3) is 0 Å². The molecule has 0 unspecified atom stereocenters. The molecule has 4 nitrogen and oxygen atoms in total. The molecule has 0 aliphatic carbocycles. The third-order valence-corrected chi connectivity index (χ3v) is 11.8. The number of quaternary nitrogens is 1. The summed E-state index contributed by atoms with van der Waals surface area (Å²) >= 11 is 5.97. The van der Waals surface area contributed by atoms with E-state index in [1.54, 1.807) is 0 Å². The summed E-state index contributed by atoms with van der Waals surface area (Å²) in [4.78, 5) is 0. The van der Waals surface area contributed by atoms with Crippen LogP contribution < -0.4 is 5.09 Å². The molecule has 1 N–H and O–H groups in total. The first-order valence-corrected chi connectivity index (χ1v) is 23.7. The van der Waals surface area contributed by atoms with Crippen LogP contribution in [0.15, 0.2) is 24.3 Å². The van der Waals surface area contributed by atoms with E-state index in [2.05, 4.69) is 64.4 Å². The van der Waals surface area contributed by atoms with Gasteiger partial charge in [-0.3, -0.25) is 0 Å². The highest BCUT2D eigenvalue weighted by atomic mass is 32.5. The summed E-state index contributed by atoms with van der Waals surface area (Å²) in [6.07, 6.45) is 47.6. The number of allylic oxidation sites excluding steroid dienone is 4. The Morgan fingerprint density at radius 3 is 1.10 bits per heavy atom. The van der Waals surface area contributed by atoms with Crippen molar-refractivity contribution in [2.45, 2.75) is 200 Å². The molecule has 0 heterocycles. The molecule has 0 aliphatic heterocycles. The van der Waals surface area contributed by atoms with Crippen LogP contribution in [0.3, 0.4) is 0 Å². The molecule has 0 aromatic heterocycles. The Hall–Kier alpha value is -0.0300. The zero-order valence-electron chi connectivity index (χ0n) is 33.3. The average molecular weight is 714 g/mol. The molecule has 0 amide bonds. The molecule has 0 bridgehead atoms. The second kappa shape index (κ2) is 36.8. The molecule has 48 heavy (non-hydrogen) atoms. The Kier molecular flexibility index (Phi) is 36.7. The summed E-state index contributed by atoms with van der Waals surface area (Å²) < 4.78 is 13.5. The van der Waals surface area contributed by atoms with Gasteiger partial charge in [0.1, 0.15) is 0 Å². The van der Waals surface area contributed by atoms with E-state index in [9.17, 15) is 0 Å². The maximum absolute atomic E-state index is 6.28. The van der Waals surface area contributed by atoms with Gasteiger partial charge < -0.3 is 13.5 Å². The van der Waals surface area contributed by atoms with Crippen molar-refractivity contribution in [3.8, 4) is 0 Å². The fraction of sp³-hybridized carbons (Fsp3) is 0.905. The number of hydrogen-bond donors (Lipinski definition) is 1. The minimum Gasteiger partial charge on any atom is -0.331 e. The fourth-order valence-corrected chi connectivity index (χ4v) is 8.12. The molecule has 0 radical (unpaired) electrons. The predicted octanol–water partition coefficient (Wildman–Crippen LogP) is 14.0. The van der Waals surface area contributed by atoms with Gasteiger partial charge in [0.05, 0.1) is 40.9 Å². The fourth-order valence-electron chi connectivity index (χ4n) is 5.97. The topological polar surface area (TPSA) is 30.5 Å². The normalized spacial score (nSPS) is 12.7. The van der Waals surface area contributed by atoms with Gasteiger partial charge in [0, 0.05) is 13.0 Å². The molecule has 0 saturated carbocycles. The largest absolute Gasteiger partial charge is 0.331 e. The molecule has 0 atom stereocenters. The Morgan fingerprint density at radius 1 is 0.458 bits per heavy atom. The van der Waals surface area contributed by atoms with Crippen molar-refractivity contribution in [2.75, 3.05) is 47.4 Å². The van der Waals surface area contributed by atoms with Gasteiger partial charge in [0.25, 0.3) is 6.64 Å². The summed E-state index contributed by atoms with van der Waals surface area (Å²) in [5.41, 5.74) is 0. The highest BCUT2D eigenvalue weighted by Crippen LogP contribution is 2.44. The number of nitrogens with zero attached hydrogens (tertiary/aromatic N) is 1. The maximum atomic E-state index is 6.28. The van der Waals surface area contributed by atoms with E-state index in [0.717, 1.165) is 36.8 Å². The number of hydrogen-bond acceptors (Lipinski definition) is 3. The lowest BCUT2D eigenvalue weighted by atomic mass is 10.1. The van der Waals surface area contributed by atoms with Crippen LogP contribution >= 0.6 is 6.64 Å². The van der Waals surface area contributed by atoms with Crippen LogP contribution in [-0.4, -0.2) is 51.9 Å². The molecule has 0 aromatic carbocycles. The van der Waals surface area contributed by atoms with Gasteiger partial charge in [0.2, 0.25) is 0 Å². The zero-order chi connectivity index (χ0) is 35.3. The Bertz CT molecular complexity index is 704. The lowest BCUT2D eigenvalue weighted by Crippen LogP contribution is -2.36. The number of rotatable bonds is 39. The molecule has 0 aromatic rings. The molecule has 0 spiro atoms.